The van der Waals surface area contributed by atoms with E-state index < -0.39 is 7.75 Å². The summed E-state index contributed by atoms with van der Waals surface area (Å²) in [7, 11) is -3.25. The fourth-order valence-corrected chi connectivity index (χ4v) is 5.23. The topological polar surface area (TPSA) is 47.9 Å². The lowest BCUT2D eigenvalue weighted by Gasteiger charge is -2.11. The molecule has 0 aromatic rings. The van der Waals surface area contributed by atoms with Gasteiger partial charge < -0.3 is 0 Å². The molecule has 7 heteroatoms. The second-order valence-corrected chi connectivity index (χ2v) is 7.26. The summed E-state index contributed by atoms with van der Waals surface area (Å²) < 4.78 is 27.1. The van der Waals surface area contributed by atoms with Crippen LogP contribution in [0.25, 0.3) is 0 Å². The van der Waals surface area contributed by atoms with E-state index >= 15 is 0 Å². The molecule has 1 heterocycles. The molecule has 0 saturated carbocycles. The molecule has 0 bridgehead atoms. The quantitative estimate of drug-likeness (QED) is 0.716. The van der Waals surface area contributed by atoms with Gasteiger partial charge in [-0.15, -0.1) is 0 Å². The van der Waals surface area contributed by atoms with E-state index in [1.54, 1.807) is 37.4 Å². The van der Waals surface area contributed by atoms with Crippen molar-refractivity contribution in [3.8, 4) is 0 Å². The third-order valence-electron chi connectivity index (χ3n) is 1.53. The molecular weight excluding hydrogens is 253 g/mol. The standard InChI is InChI=1S/C8H16NO3PS2/c1-4-11-13(10,12-5-2)9-8-14-6-7(3)15-8/h7H,4-6H2,1-3H3/t7-/m0/s1. The van der Waals surface area contributed by atoms with Gasteiger partial charge >= 0.3 is 7.75 Å². The van der Waals surface area contributed by atoms with Crippen molar-refractivity contribution in [3.63, 3.8) is 0 Å². The lowest BCUT2D eigenvalue weighted by molar-refractivity contribution is 0.221. The SMILES string of the molecule is CCOP(=O)(N=C1SC[C@H](C)S1)OCC. The Bertz CT molecular complexity index is 275. The average Bonchev–Trinajstić information content (AvgIpc) is 2.51. The minimum Gasteiger partial charge on any atom is -0.291 e. The van der Waals surface area contributed by atoms with E-state index in [-0.39, 0.29) is 0 Å². The second kappa shape index (κ2) is 6.30. The van der Waals surface area contributed by atoms with Gasteiger partial charge in [-0.1, -0.05) is 30.4 Å². The summed E-state index contributed by atoms with van der Waals surface area (Å²) in [5.74, 6) is 1.00. The molecule has 15 heavy (non-hydrogen) atoms. The third kappa shape index (κ3) is 4.49. The van der Waals surface area contributed by atoms with Crippen LogP contribution in [-0.2, 0) is 13.6 Å². The van der Waals surface area contributed by atoms with Gasteiger partial charge in [-0.3, -0.25) is 9.05 Å². The molecule has 0 aromatic heterocycles. The first-order chi connectivity index (χ1) is 7.09. The zero-order valence-corrected chi connectivity index (χ0v) is 11.7. The van der Waals surface area contributed by atoms with Gasteiger partial charge in [-0.2, -0.15) is 4.76 Å². The molecule has 1 saturated heterocycles. The lowest BCUT2D eigenvalue weighted by atomic mass is 10.6. The van der Waals surface area contributed by atoms with Crippen molar-refractivity contribution in [3.05, 3.63) is 0 Å². The summed E-state index contributed by atoms with van der Waals surface area (Å²) >= 11 is 3.23. The molecule has 0 aromatic carbocycles. The highest BCUT2D eigenvalue weighted by atomic mass is 32.2. The van der Waals surface area contributed by atoms with E-state index in [1.807, 2.05) is 0 Å². The van der Waals surface area contributed by atoms with Gasteiger partial charge in [-0.25, -0.2) is 4.57 Å². The maximum Gasteiger partial charge on any atom is 0.455 e. The highest BCUT2D eigenvalue weighted by Crippen LogP contribution is 2.52. The van der Waals surface area contributed by atoms with E-state index in [9.17, 15) is 4.57 Å². The number of hydrogen-bond donors (Lipinski definition) is 0. The Morgan fingerprint density at radius 3 is 2.47 bits per heavy atom. The number of nitrogens with zero attached hydrogens (tertiary/aromatic N) is 1. The molecule has 0 radical (unpaired) electrons. The Morgan fingerprint density at radius 1 is 1.47 bits per heavy atom. The average molecular weight is 269 g/mol. The van der Waals surface area contributed by atoms with Gasteiger partial charge in [-0.05, 0) is 13.8 Å². The summed E-state index contributed by atoms with van der Waals surface area (Å²) in [6.07, 6.45) is 0. The van der Waals surface area contributed by atoms with Crippen molar-refractivity contribution in [2.75, 3.05) is 19.0 Å². The lowest BCUT2D eigenvalue weighted by Crippen LogP contribution is -1.95. The van der Waals surface area contributed by atoms with Crippen LogP contribution < -0.4 is 0 Å². The van der Waals surface area contributed by atoms with E-state index in [0.29, 0.717) is 18.5 Å². The van der Waals surface area contributed by atoms with Crippen LogP contribution in [0.5, 0.6) is 0 Å². The molecule has 0 N–H and O–H groups in total. The Hall–Kier alpha value is 0.520. The van der Waals surface area contributed by atoms with Crippen molar-refractivity contribution >= 4 is 35.6 Å². The summed E-state index contributed by atoms with van der Waals surface area (Å²) in [6.45, 7) is 6.37. The van der Waals surface area contributed by atoms with Crippen LogP contribution in [0, 0.1) is 0 Å². The zero-order chi connectivity index (χ0) is 11.3. The number of hydrogen-bond acceptors (Lipinski definition) is 5. The minimum absolute atomic E-state index is 0.346. The van der Waals surface area contributed by atoms with Gasteiger partial charge in [0.15, 0.2) is 0 Å². The molecule has 0 spiro atoms. The van der Waals surface area contributed by atoms with E-state index in [4.69, 9.17) is 9.05 Å². The van der Waals surface area contributed by atoms with Crippen LogP contribution in [-0.4, -0.2) is 28.6 Å². The fourth-order valence-electron chi connectivity index (χ4n) is 1.00. The largest absolute Gasteiger partial charge is 0.455 e. The molecule has 1 aliphatic rings. The molecule has 88 valence electrons. The molecule has 0 aliphatic carbocycles. The highest BCUT2D eigenvalue weighted by molar-refractivity contribution is 8.42. The molecule has 1 fully saturated rings. The van der Waals surface area contributed by atoms with Crippen LogP contribution in [0.2, 0.25) is 0 Å². The first-order valence-corrected chi connectivity index (χ1v) is 8.24. The Balaban J connectivity index is 2.69. The maximum atomic E-state index is 12.0. The predicted octanol–water partition coefficient (Wildman–Crippen LogP) is 3.39. The van der Waals surface area contributed by atoms with E-state index in [0.717, 1.165) is 10.1 Å². The smallest absolute Gasteiger partial charge is 0.291 e. The Morgan fingerprint density at radius 2 is 2.07 bits per heavy atom. The fraction of sp³-hybridized carbons (Fsp3) is 0.875. The van der Waals surface area contributed by atoms with Gasteiger partial charge in [0.25, 0.3) is 0 Å². The van der Waals surface area contributed by atoms with Gasteiger partial charge in [0, 0.05) is 11.0 Å². The van der Waals surface area contributed by atoms with E-state index in [2.05, 4.69) is 11.7 Å². The monoisotopic (exact) mass is 269 g/mol. The molecule has 1 aliphatic heterocycles. The van der Waals surface area contributed by atoms with Crippen molar-refractivity contribution in [2.45, 2.75) is 26.0 Å². The van der Waals surface area contributed by atoms with Crippen molar-refractivity contribution in [1.82, 2.24) is 0 Å². The number of thioether (sulfide) groups is 2. The van der Waals surface area contributed by atoms with Crippen molar-refractivity contribution in [2.24, 2.45) is 4.76 Å². The molecule has 0 amide bonds. The zero-order valence-electron chi connectivity index (χ0n) is 9.13. The molecule has 1 rings (SSSR count). The van der Waals surface area contributed by atoms with E-state index in [1.165, 1.54) is 0 Å². The summed E-state index contributed by atoms with van der Waals surface area (Å²) in [6, 6.07) is 0. The summed E-state index contributed by atoms with van der Waals surface area (Å²) in [4.78, 5) is 0. The normalized spacial score (nSPS) is 25.0. The number of rotatable bonds is 5. The molecular formula is C8H16NO3PS2. The van der Waals surface area contributed by atoms with Crippen LogP contribution >= 0.6 is 31.3 Å². The van der Waals surface area contributed by atoms with Crippen molar-refractivity contribution in [1.29, 1.82) is 0 Å². The van der Waals surface area contributed by atoms with Crippen molar-refractivity contribution < 1.29 is 13.6 Å². The third-order valence-corrected chi connectivity index (χ3v) is 6.14. The Labute approximate surface area is 99.2 Å². The summed E-state index contributed by atoms with van der Waals surface area (Å²) in [5, 5.41) is 0.519. The molecule has 0 unspecified atom stereocenters. The van der Waals surface area contributed by atoms with Gasteiger partial charge in [0.05, 0.1) is 13.2 Å². The first-order valence-electron chi connectivity index (χ1n) is 4.88. The van der Waals surface area contributed by atoms with Gasteiger partial charge in [0.2, 0.25) is 0 Å². The highest BCUT2D eigenvalue weighted by Gasteiger charge is 2.27. The van der Waals surface area contributed by atoms with Gasteiger partial charge in [0.1, 0.15) is 4.38 Å². The minimum atomic E-state index is -3.25. The Kier molecular flexibility index (Phi) is 5.71. The van der Waals surface area contributed by atoms with Crippen LogP contribution in [0.15, 0.2) is 4.76 Å². The van der Waals surface area contributed by atoms with Crippen LogP contribution in [0.1, 0.15) is 20.8 Å². The molecule has 1 atom stereocenters. The van der Waals surface area contributed by atoms with Crippen LogP contribution in [0.4, 0.5) is 0 Å². The summed E-state index contributed by atoms with van der Waals surface area (Å²) in [5.41, 5.74) is 0. The van der Waals surface area contributed by atoms with Crippen LogP contribution in [0.3, 0.4) is 0 Å². The second-order valence-electron chi connectivity index (χ2n) is 2.91. The first kappa shape index (κ1) is 13.6. The predicted molar refractivity (Wildman–Crippen MR) is 67.8 cm³/mol. The maximum absolute atomic E-state index is 12.0. The molecule has 4 nitrogen and oxygen atoms in total.